The zero-order chi connectivity index (χ0) is 22.6. The standard InChI is InChI=1S/C23H31N3O5/c1-2-18(26-21(29)13-14-22(26)30)23(31)25-16-8-4-3-7-15-24-20(28)12-11-17-9-5-6-10-19(17)27/h5-6,9-10,13-14,18,27H,2-4,7-8,11-12,15-16H2,1H3,(H,24,28)(H,25,31). The molecule has 0 radical (unpaired) electrons. The fourth-order valence-corrected chi connectivity index (χ4v) is 3.42. The smallest absolute Gasteiger partial charge is 0.254 e. The van der Waals surface area contributed by atoms with Crippen LogP contribution in [-0.4, -0.2) is 52.8 Å². The summed E-state index contributed by atoms with van der Waals surface area (Å²) in [5, 5.41) is 15.4. The average Bonchev–Trinajstić information content (AvgIpc) is 3.08. The summed E-state index contributed by atoms with van der Waals surface area (Å²) in [5.74, 6) is -1.04. The van der Waals surface area contributed by atoms with Crippen molar-refractivity contribution < 1.29 is 24.3 Å². The van der Waals surface area contributed by atoms with Gasteiger partial charge in [-0.1, -0.05) is 38.0 Å². The number of benzene rings is 1. The number of aromatic hydroxyl groups is 1. The number of imide groups is 1. The van der Waals surface area contributed by atoms with E-state index in [1.807, 2.05) is 12.1 Å². The molecule has 31 heavy (non-hydrogen) atoms. The molecule has 1 heterocycles. The van der Waals surface area contributed by atoms with E-state index in [-0.39, 0.29) is 17.6 Å². The molecule has 0 saturated carbocycles. The Kier molecular flexibility index (Phi) is 9.74. The van der Waals surface area contributed by atoms with Gasteiger partial charge in [-0.15, -0.1) is 0 Å². The number of rotatable bonds is 13. The lowest BCUT2D eigenvalue weighted by atomic mass is 10.1. The van der Waals surface area contributed by atoms with Crippen LogP contribution < -0.4 is 10.6 Å². The first-order chi connectivity index (χ1) is 14.9. The molecule has 4 amide bonds. The molecule has 0 bridgehead atoms. The van der Waals surface area contributed by atoms with Gasteiger partial charge in [0.1, 0.15) is 11.8 Å². The van der Waals surface area contributed by atoms with Gasteiger partial charge in [0.2, 0.25) is 11.8 Å². The van der Waals surface area contributed by atoms with Crippen LogP contribution in [0.5, 0.6) is 5.75 Å². The van der Waals surface area contributed by atoms with Crippen molar-refractivity contribution in [3.63, 3.8) is 0 Å². The van der Waals surface area contributed by atoms with Crippen LogP contribution in [-0.2, 0) is 25.6 Å². The summed E-state index contributed by atoms with van der Waals surface area (Å²) in [7, 11) is 0. The fourth-order valence-electron chi connectivity index (χ4n) is 3.42. The number of carbonyl (C=O) groups excluding carboxylic acids is 4. The summed E-state index contributed by atoms with van der Waals surface area (Å²) in [6, 6.07) is 6.23. The lowest BCUT2D eigenvalue weighted by Gasteiger charge is -2.24. The Balaban J connectivity index is 1.52. The highest BCUT2D eigenvalue weighted by atomic mass is 16.3. The molecule has 0 aromatic heterocycles. The highest BCUT2D eigenvalue weighted by molar-refractivity contribution is 6.15. The van der Waals surface area contributed by atoms with Gasteiger partial charge in [-0.3, -0.25) is 24.1 Å². The molecule has 1 aliphatic heterocycles. The Hall–Kier alpha value is -3.16. The summed E-state index contributed by atoms with van der Waals surface area (Å²) >= 11 is 0. The van der Waals surface area contributed by atoms with E-state index in [1.54, 1.807) is 19.1 Å². The number of para-hydroxylation sites is 1. The molecule has 1 unspecified atom stereocenters. The maximum Gasteiger partial charge on any atom is 0.254 e. The number of phenols is 1. The van der Waals surface area contributed by atoms with Gasteiger partial charge in [0.25, 0.3) is 11.8 Å². The van der Waals surface area contributed by atoms with Crippen molar-refractivity contribution in [2.45, 2.75) is 57.9 Å². The number of unbranched alkanes of at least 4 members (excludes halogenated alkanes) is 3. The molecule has 8 heteroatoms. The minimum absolute atomic E-state index is 0.0402. The van der Waals surface area contributed by atoms with Gasteiger partial charge in [-0.05, 0) is 37.3 Å². The third-order valence-corrected chi connectivity index (χ3v) is 5.18. The lowest BCUT2D eigenvalue weighted by Crippen LogP contribution is -2.49. The molecule has 1 aliphatic rings. The van der Waals surface area contributed by atoms with Gasteiger partial charge >= 0.3 is 0 Å². The molecule has 0 spiro atoms. The first-order valence-electron chi connectivity index (χ1n) is 10.8. The molecule has 1 atom stereocenters. The van der Waals surface area contributed by atoms with Crippen molar-refractivity contribution >= 4 is 23.6 Å². The molecule has 168 valence electrons. The van der Waals surface area contributed by atoms with Crippen LogP contribution in [0.15, 0.2) is 36.4 Å². The molecule has 3 N–H and O–H groups in total. The zero-order valence-corrected chi connectivity index (χ0v) is 17.9. The molecule has 0 aliphatic carbocycles. The van der Waals surface area contributed by atoms with Gasteiger partial charge in [-0.2, -0.15) is 0 Å². The quantitative estimate of drug-likeness (QED) is 0.327. The van der Waals surface area contributed by atoms with E-state index in [9.17, 15) is 24.3 Å². The maximum absolute atomic E-state index is 12.3. The number of carbonyl (C=O) groups is 4. The second-order valence-electron chi connectivity index (χ2n) is 7.49. The molecule has 2 rings (SSSR count). The third-order valence-electron chi connectivity index (χ3n) is 5.18. The maximum atomic E-state index is 12.3. The van der Waals surface area contributed by atoms with Crippen molar-refractivity contribution in [1.29, 1.82) is 0 Å². The highest BCUT2D eigenvalue weighted by Gasteiger charge is 2.34. The number of aryl methyl sites for hydroxylation is 1. The van der Waals surface area contributed by atoms with Crippen molar-refractivity contribution in [2.24, 2.45) is 0 Å². The third kappa shape index (κ3) is 7.55. The minimum Gasteiger partial charge on any atom is -0.508 e. The van der Waals surface area contributed by atoms with Crippen molar-refractivity contribution in [3.8, 4) is 5.75 Å². The van der Waals surface area contributed by atoms with Crippen LogP contribution in [0.2, 0.25) is 0 Å². The molecule has 1 aromatic rings. The van der Waals surface area contributed by atoms with Crippen LogP contribution in [0.3, 0.4) is 0 Å². The predicted octanol–water partition coefficient (Wildman–Crippen LogP) is 1.82. The number of hydrogen-bond donors (Lipinski definition) is 3. The Morgan fingerprint density at radius 1 is 0.968 bits per heavy atom. The van der Waals surface area contributed by atoms with Crippen LogP contribution in [0.4, 0.5) is 0 Å². The summed E-state index contributed by atoms with van der Waals surface area (Å²) in [6.07, 6.45) is 7.01. The van der Waals surface area contributed by atoms with Gasteiger partial charge in [0, 0.05) is 31.7 Å². The first-order valence-corrected chi connectivity index (χ1v) is 10.8. The van der Waals surface area contributed by atoms with Gasteiger partial charge in [0.15, 0.2) is 0 Å². The van der Waals surface area contributed by atoms with E-state index >= 15 is 0 Å². The number of amides is 4. The van der Waals surface area contributed by atoms with E-state index < -0.39 is 17.9 Å². The normalized spacial score (nSPS) is 14.0. The SMILES string of the molecule is CCC(C(=O)NCCCCCCNC(=O)CCc1ccccc1O)N1C(=O)C=CC1=O. The second-order valence-corrected chi connectivity index (χ2v) is 7.49. The fraction of sp³-hybridized carbons (Fsp3) is 0.478. The molecular formula is C23H31N3O5. The van der Waals surface area contributed by atoms with Crippen molar-refractivity contribution in [1.82, 2.24) is 15.5 Å². The van der Waals surface area contributed by atoms with Crippen molar-refractivity contribution in [2.75, 3.05) is 13.1 Å². The monoisotopic (exact) mass is 429 g/mol. The Labute approximate surface area is 182 Å². The van der Waals surface area contributed by atoms with Crippen molar-refractivity contribution in [3.05, 3.63) is 42.0 Å². The topological polar surface area (TPSA) is 116 Å². The number of nitrogens with zero attached hydrogens (tertiary/aromatic N) is 1. The lowest BCUT2D eigenvalue weighted by molar-refractivity contribution is -0.145. The van der Waals surface area contributed by atoms with Gasteiger partial charge in [-0.25, -0.2) is 0 Å². The highest BCUT2D eigenvalue weighted by Crippen LogP contribution is 2.17. The number of phenolic OH excluding ortho intramolecular Hbond substituents is 1. The summed E-state index contributed by atoms with van der Waals surface area (Å²) in [4.78, 5) is 48.7. The minimum atomic E-state index is -0.775. The van der Waals surface area contributed by atoms with E-state index in [1.165, 1.54) is 12.2 Å². The van der Waals surface area contributed by atoms with Crippen LogP contribution in [0.25, 0.3) is 0 Å². The summed E-state index contributed by atoms with van der Waals surface area (Å²) in [6.45, 7) is 2.84. The predicted molar refractivity (Wildman–Crippen MR) is 116 cm³/mol. The number of hydrogen-bond acceptors (Lipinski definition) is 5. The number of nitrogens with one attached hydrogen (secondary N) is 2. The molecule has 0 fully saturated rings. The molecular weight excluding hydrogens is 398 g/mol. The molecule has 0 saturated heterocycles. The zero-order valence-electron chi connectivity index (χ0n) is 17.9. The second kappa shape index (κ2) is 12.5. The molecule has 1 aromatic carbocycles. The van der Waals surface area contributed by atoms with Crippen LogP contribution in [0, 0.1) is 0 Å². The van der Waals surface area contributed by atoms with Gasteiger partial charge in [0.05, 0.1) is 0 Å². The Bertz CT molecular complexity index is 803. The average molecular weight is 430 g/mol. The van der Waals surface area contributed by atoms with E-state index in [4.69, 9.17) is 0 Å². The first kappa shape index (κ1) is 24.1. The van der Waals surface area contributed by atoms with E-state index in [0.717, 1.165) is 36.1 Å². The summed E-state index contributed by atoms with van der Waals surface area (Å²) in [5.41, 5.74) is 0.764. The Morgan fingerprint density at radius 2 is 1.58 bits per heavy atom. The van der Waals surface area contributed by atoms with Crippen LogP contribution >= 0.6 is 0 Å². The molecule has 8 nitrogen and oxygen atoms in total. The Morgan fingerprint density at radius 3 is 2.19 bits per heavy atom. The summed E-state index contributed by atoms with van der Waals surface area (Å²) < 4.78 is 0. The largest absolute Gasteiger partial charge is 0.508 e. The van der Waals surface area contributed by atoms with Gasteiger partial charge < -0.3 is 15.7 Å². The van der Waals surface area contributed by atoms with E-state index in [2.05, 4.69) is 10.6 Å². The van der Waals surface area contributed by atoms with E-state index in [0.29, 0.717) is 32.4 Å². The van der Waals surface area contributed by atoms with Crippen LogP contribution in [0.1, 0.15) is 51.0 Å².